The third kappa shape index (κ3) is 4.56. The summed E-state index contributed by atoms with van der Waals surface area (Å²) >= 11 is 5.82. The number of nitrogens with zero attached hydrogens (tertiary/aromatic N) is 2. The van der Waals surface area contributed by atoms with Gasteiger partial charge in [-0.15, -0.1) is 0 Å². The molecule has 2 aromatic heterocycles. The Morgan fingerprint density at radius 3 is 2.78 bits per heavy atom. The predicted octanol–water partition coefficient (Wildman–Crippen LogP) is 4.20. The molecule has 0 fully saturated rings. The Balaban J connectivity index is 1.75. The summed E-state index contributed by atoms with van der Waals surface area (Å²) in [6.45, 7) is 0.0241. The Bertz CT molecular complexity index is 959. The minimum atomic E-state index is -4.48. The first-order valence-electron chi connectivity index (χ1n) is 7.60. The molecule has 1 aromatic carbocycles. The molecule has 0 aliphatic carbocycles. The molecule has 2 heterocycles. The summed E-state index contributed by atoms with van der Waals surface area (Å²) in [4.78, 5) is 16.1. The van der Waals surface area contributed by atoms with Crippen LogP contribution < -0.4 is 10.1 Å². The van der Waals surface area contributed by atoms with Gasteiger partial charge in [0.05, 0.1) is 16.8 Å². The molecule has 0 atom stereocenters. The number of aromatic amines is 1. The summed E-state index contributed by atoms with van der Waals surface area (Å²) < 4.78 is 44.0. The average Bonchev–Trinajstić information content (AvgIpc) is 3.06. The first kappa shape index (κ1) is 18.7. The normalized spacial score (nSPS) is 11.3. The highest BCUT2D eigenvalue weighted by molar-refractivity contribution is 6.33. The molecular formula is C17H12ClF3N4O2. The lowest BCUT2D eigenvalue weighted by molar-refractivity contribution is -0.137. The Labute approximate surface area is 156 Å². The number of H-pyrrole nitrogens is 1. The molecule has 3 aromatic rings. The van der Waals surface area contributed by atoms with Gasteiger partial charge in [0, 0.05) is 18.3 Å². The van der Waals surface area contributed by atoms with Crippen LogP contribution in [0.4, 0.5) is 13.2 Å². The lowest BCUT2D eigenvalue weighted by atomic mass is 10.2. The SMILES string of the molecule is O=C(NCc1cccnc1Oc1cccc(C(F)(F)F)c1)c1[nH]ncc1Cl. The smallest absolute Gasteiger partial charge is 0.416 e. The molecule has 0 radical (unpaired) electrons. The molecule has 10 heteroatoms. The maximum Gasteiger partial charge on any atom is 0.416 e. The summed E-state index contributed by atoms with van der Waals surface area (Å²) in [5.41, 5.74) is -0.264. The maximum atomic E-state index is 12.8. The van der Waals surface area contributed by atoms with Crippen molar-refractivity contribution in [3.63, 3.8) is 0 Å². The monoisotopic (exact) mass is 396 g/mol. The van der Waals surface area contributed by atoms with E-state index in [1.165, 1.54) is 24.5 Å². The number of benzene rings is 1. The van der Waals surface area contributed by atoms with Gasteiger partial charge in [0.2, 0.25) is 5.88 Å². The Morgan fingerprint density at radius 1 is 1.26 bits per heavy atom. The number of halogens is 4. The van der Waals surface area contributed by atoms with Crippen LogP contribution in [0.3, 0.4) is 0 Å². The Morgan fingerprint density at radius 2 is 2.07 bits per heavy atom. The van der Waals surface area contributed by atoms with Crippen LogP contribution >= 0.6 is 11.6 Å². The van der Waals surface area contributed by atoms with Gasteiger partial charge in [-0.1, -0.05) is 23.7 Å². The number of hydrogen-bond acceptors (Lipinski definition) is 4. The molecule has 0 saturated carbocycles. The molecule has 0 unspecified atom stereocenters. The molecule has 140 valence electrons. The number of carbonyl (C=O) groups excluding carboxylic acids is 1. The van der Waals surface area contributed by atoms with Crippen molar-refractivity contribution in [1.29, 1.82) is 0 Å². The first-order chi connectivity index (χ1) is 12.8. The van der Waals surface area contributed by atoms with Crippen LogP contribution in [0.25, 0.3) is 0 Å². The zero-order chi connectivity index (χ0) is 19.4. The second-order valence-electron chi connectivity index (χ2n) is 5.37. The third-order valence-electron chi connectivity index (χ3n) is 3.49. The predicted molar refractivity (Wildman–Crippen MR) is 90.5 cm³/mol. The lowest BCUT2D eigenvalue weighted by Crippen LogP contribution is -2.23. The van der Waals surface area contributed by atoms with Crippen molar-refractivity contribution in [3.05, 3.63) is 70.6 Å². The minimum absolute atomic E-state index is 0.0206. The highest BCUT2D eigenvalue weighted by Gasteiger charge is 2.30. The van der Waals surface area contributed by atoms with E-state index in [1.807, 2.05) is 0 Å². The minimum Gasteiger partial charge on any atom is -0.439 e. The summed E-state index contributed by atoms with van der Waals surface area (Å²) in [5, 5.41) is 8.90. The summed E-state index contributed by atoms with van der Waals surface area (Å²) in [5.74, 6) is -0.438. The number of rotatable bonds is 5. The van der Waals surface area contributed by atoms with E-state index in [9.17, 15) is 18.0 Å². The summed E-state index contributed by atoms with van der Waals surface area (Å²) in [6.07, 6.45) is -1.76. The van der Waals surface area contributed by atoms with E-state index in [0.29, 0.717) is 5.56 Å². The van der Waals surface area contributed by atoms with Crippen LogP contribution in [-0.4, -0.2) is 21.1 Å². The standard InChI is InChI=1S/C17H12ClF3N4O2/c18-13-9-24-25-14(13)15(26)23-8-10-3-2-6-22-16(10)27-12-5-1-4-11(7-12)17(19,20)21/h1-7,9H,8H2,(H,23,26)(H,24,25). The molecule has 0 saturated heterocycles. The molecule has 27 heavy (non-hydrogen) atoms. The fraction of sp³-hybridized carbons (Fsp3) is 0.118. The van der Waals surface area contributed by atoms with Crippen LogP contribution in [-0.2, 0) is 12.7 Å². The number of alkyl halides is 3. The first-order valence-corrected chi connectivity index (χ1v) is 7.98. The van der Waals surface area contributed by atoms with Crippen LogP contribution in [0.1, 0.15) is 21.6 Å². The van der Waals surface area contributed by atoms with E-state index < -0.39 is 17.6 Å². The highest BCUT2D eigenvalue weighted by atomic mass is 35.5. The van der Waals surface area contributed by atoms with Gasteiger partial charge in [-0.05, 0) is 24.3 Å². The van der Waals surface area contributed by atoms with E-state index >= 15 is 0 Å². The zero-order valence-electron chi connectivity index (χ0n) is 13.5. The van der Waals surface area contributed by atoms with Crippen LogP contribution in [0.5, 0.6) is 11.6 Å². The van der Waals surface area contributed by atoms with E-state index in [-0.39, 0.29) is 28.9 Å². The van der Waals surface area contributed by atoms with Gasteiger partial charge < -0.3 is 10.1 Å². The maximum absolute atomic E-state index is 12.8. The van der Waals surface area contributed by atoms with Gasteiger partial charge in [-0.2, -0.15) is 18.3 Å². The van der Waals surface area contributed by atoms with Gasteiger partial charge >= 0.3 is 6.18 Å². The molecule has 3 rings (SSSR count). The number of nitrogens with one attached hydrogen (secondary N) is 2. The number of pyridine rings is 1. The van der Waals surface area contributed by atoms with E-state index in [0.717, 1.165) is 12.1 Å². The van der Waals surface area contributed by atoms with Crippen molar-refractivity contribution in [2.75, 3.05) is 0 Å². The van der Waals surface area contributed by atoms with Crippen molar-refractivity contribution in [2.24, 2.45) is 0 Å². The fourth-order valence-corrected chi connectivity index (χ4v) is 2.37. The molecule has 0 bridgehead atoms. The van der Waals surface area contributed by atoms with E-state index in [4.69, 9.17) is 16.3 Å². The van der Waals surface area contributed by atoms with Gasteiger partial charge in [-0.3, -0.25) is 9.89 Å². The van der Waals surface area contributed by atoms with Crippen LogP contribution in [0.2, 0.25) is 5.02 Å². The van der Waals surface area contributed by atoms with Crippen molar-refractivity contribution >= 4 is 17.5 Å². The van der Waals surface area contributed by atoms with Gasteiger partial charge in [-0.25, -0.2) is 4.98 Å². The zero-order valence-corrected chi connectivity index (χ0v) is 14.3. The molecule has 0 spiro atoms. The van der Waals surface area contributed by atoms with E-state index in [2.05, 4.69) is 20.5 Å². The molecule has 0 aliphatic heterocycles. The number of ether oxygens (including phenoxy) is 1. The number of hydrogen-bond donors (Lipinski definition) is 2. The lowest BCUT2D eigenvalue weighted by Gasteiger charge is -2.12. The van der Waals surface area contributed by atoms with Crippen molar-refractivity contribution in [3.8, 4) is 11.6 Å². The number of aromatic nitrogens is 3. The largest absolute Gasteiger partial charge is 0.439 e. The van der Waals surface area contributed by atoms with Crippen molar-refractivity contribution < 1.29 is 22.7 Å². The topological polar surface area (TPSA) is 79.9 Å². The Kier molecular flexibility index (Phi) is 5.31. The summed E-state index contributed by atoms with van der Waals surface area (Å²) in [7, 11) is 0. The quantitative estimate of drug-likeness (QED) is 0.677. The molecule has 1 amide bonds. The van der Waals surface area contributed by atoms with E-state index in [1.54, 1.807) is 12.1 Å². The average molecular weight is 397 g/mol. The number of carbonyl (C=O) groups is 1. The second-order valence-corrected chi connectivity index (χ2v) is 5.78. The second kappa shape index (κ2) is 7.67. The van der Waals surface area contributed by atoms with Gasteiger partial charge in [0.25, 0.3) is 5.91 Å². The van der Waals surface area contributed by atoms with Crippen molar-refractivity contribution in [1.82, 2.24) is 20.5 Å². The van der Waals surface area contributed by atoms with Gasteiger partial charge in [0.1, 0.15) is 11.4 Å². The van der Waals surface area contributed by atoms with Gasteiger partial charge in [0.15, 0.2) is 0 Å². The van der Waals surface area contributed by atoms with Crippen LogP contribution in [0, 0.1) is 0 Å². The fourth-order valence-electron chi connectivity index (χ4n) is 2.19. The molecular weight excluding hydrogens is 385 g/mol. The summed E-state index contributed by atoms with van der Waals surface area (Å²) in [6, 6.07) is 7.69. The molecule has 2 N–H and O–H groups in total. The molecule has 0 aliphatic rings. The molecule has 6 nitrogen and oxygen atoms in total. The number of amides is 1. The Hall–Kier alpha value is -3.07. The van der Waals surface area contributed by atoms with Crippen LogP contribution in [0.15, 0.2) is 48.8 Å². The highest BCUT2D eigenvalue weighted by Crippen LogP contribution is 2.32. The third-order valence-corrected chi connectivity index (χ3v) is 3.77. The van der Waals surface area contributed by atoms with Crippen molar-refractivity contribution in [2.45, 2.75) is 12.7 Å².